The van der Waals surface area contributed by atoms with Crippen LogP contribution in [0, 0.1) is 0 Å². The first-order chi connectivity index (χ1) is 12.7. The van der Waals surface area contributed by atoms with E-state index in [4.69, 9.17) is 15.3 Å². The molecule has 0 radical (unpaired) electrons. The molecule has 0 atom stereocenters. The van der Waals surface area contributed by atoms with Crippen molar-refractivity contribution in [2.75, 3.05) is 0 Å². The van der Waals surface area contributed by atoms with Crippen molar-refractivity contribution in [3.8, 4) is 11.4 Å². The van der Waals surface area contributed by atoms with E-state index in [0.717, 1.165) is 24.3 Å². The van der Waals surface area contributed by atoms with E-state index in [9.17, 15) is 24.3 Å². The Hall–Kier alpha value is -4.21. The van der Waals surface area contributed by atoms with Gasteiger partial charge in [-0.2, -0.15) is 0 Å². The van der Waals surface area contributed by atoms with Gasteiger partial charge < -0.3 is 25.4 Å². The van der Waals surface area contributed by atoms with E-state index in [-0.39, 0.29) is 22.4 Å². The van der Waals surface area contributed by atoms with Gasteiger partial charge in [0.25, 0.3) is 0 Å². The fourth-order valence-corrected chi connectivity index (χ4v) is 2.60. The van der Waals surface area contributed by atoms with Crippen molar-refractivity contribution in [2.24, 2.45) is 0 Å². The summed E-state index contributed by atoms with van der Waals surface area (Å²) in [7, 11) is 0. The molecule has 0 bridgehead atoms. The van der Waals surface area contributed by atoms with Gasteiger partial charge in [-0.05, 0) is 24.3 Å². The number of benzene rings is 2. The normalized spacial score (nSPS) is 10.7. The number of hydrogen-bond donors (Lipinski definition) is 5. The van der Waals surface area contributed by atoms with E-state index in [1.54, 1.807) is 0 Å². The Labute approximate surface area is 149 Å². The maximum absolute atomic E-state index is 11.3. The fraction of sp³-hybridized carbons (Fsp3) is 0. The maximum atomic E-state index is 11.3. The Morgan fingerprint density at radius 2 is 1.22 bits per heavy atom. The highest BCUT2D eigenvalue weighted by Gasteiger charge is 2.21. The number of nitrogens with zero attached hydrogens (tertiary/aromatic N) is 1. The van der Waals surface area contributed by atoms with Gasteiger partial charge in [-0.3, -0.25) is 0 Å². The Bertz CT molecular complexity index is 1090. The minimum absolute atomic E-state index is 0.128. The summed E-state index contributed by atoms with van der Waals surface area (Å²) in [5, 5.41) is 36.6. The third-order valence-corrected chi connectivity index (χ3v) is 3.84. The average Bonchev–Trinajstić information content (AvgIpc) is 3.02. The Kier molecular flexibility index (Phi) is 4.08. The van der Waals surface area contributed by atoms with Crippen LogP contribution in [0.15, 0.2) is 30.3 Å². The summed E-state index contributed by atoms with van der Waals surface area (Å²) in [4.78, 5) is 51.8. The zero-order valence-corrected chi connectivity index (χ0v) is 13.3. The standard InChI is InChI=1S/C17H10N2O8/c20-14(21)7-2-1-6(3-8(7)15(22)23)13-18-11-4-9(16(24)25)10(17(26)27)5-12(11)19-13/h1-5H,(H,18,19)(H,20,21)(H,22,23)(H,24,25)(H,26,27). The average molecular weight is 370 g/mol. The number of imidazole rings is 1. The van der Waals surface area contributed by atoms with Crippen molar-refractivity contribution in [2.45, 2.75) is 0 Å². The predicted octanol–water partition coefficient (Wildman–Crippen LogP) is 2.02. The number of H-pyrrole nitrogens is 1. The lowest BCUT2D eigenvalue weighted by Crippen LogP contribution is -2.08. The predicted molar refractivity (Wildman–Crippen MR) is 89.4 cm³/mol. The summed E-state index contributed by atoms with van der Waals surface area (Å²) in [6.07, 6.45) is 0. The van der Waals surface area contributed by atoms with E-state index in [1.165, 1.54) is 6.07 Å². The third-order valence-electron chi connectivity index (χ3n) is 3.84. The minimum Gasteiger partial charge on any atom is -0.478 e. The molecule has 3 aromatic rings. The fourth-order valence-electron chi connectivity index (χ4n) is 2.60. The van der Waals surface area contributed by atoms with Crippen LogP contribution in [0.3, 0.4) is 0 Å². The zero-order chi connectivity index (χ0) is 19.9. The number of carbonyl (C=O) groups is 4. The SMILES string of the molecule is O=C(O)c1ccc(-c2nc3cc(C(=O)O)c(C(=O)O)cc3[nH]2)cc1C(=O)O. The summed E-state index contributed by atoms with van der Waals surface area (Å²) < 4.78 is 0. The summed E-state index contributed by atoms with van der Waals surface area (Å²) in [6.45, 7) is 0. The number of rotatable bonds is 5. The molecule has 136 valence electrons. The van der Waals surface area contributed by atoms with Crippen molar-refractivity contribution < 1.29 is 39.6 Å². The van der Waals surface area contributed by atoms with Gasteiger partial charge in [0.2, 0.25) is 0 Å². The highest BCUT2D eigenvalue weighted by atomic mass is 16.4. The Balaban J connectivity index is 2.20. The van der Waals surface area contributed by atoms with Crippen LogP contribution in [0.1, 0.15) is 41.4 Å². The molecular formula is C17H10N2O8. The van der Waals surface area contributed by atoms with Gasteiger partial charge in [0, 0.05) is 5.56 Å². The van der Waals surface area contributed by atoms with E-state index in [1.807, 2.05) is 0 Å². The topological polar surface area (TPSA) is 178 Å². The van der Waals surface area contributed by atoms with E-state index >= 15 is 0 Å². The molecule has 1 aromatic heterocycles. The van der Waals surface area contributed by atoms with Gasteiger partial charge in [-0.25, -0.2) is 24.2 Å². The van der Waals surface area contributed by atoms with Crippen LogP contribution >= 0.6 is 0 Å². The molecule has 0 saturated carbocycles. The van der Waals surface area contributed by atoms with E-state index < -0.39 is 46.1 Å². The smallest absolute Gasteiger partial charge is 0.336 e. The molecule has 5 N–H and O–H groups in total. The van der Waals surface area contributed by atoms with Crippen LogP contribution in [0.25, 0.3) is 22.4 Å². The second-order valence-corrected chi connectivity index (χ2v) is 5.48. The quantitative estimate of drug-likeness (QED) is 0.449. The summed E-state index contributed by atoms with van der Waals surface area (Å²) in [6, 6.07) is 5.76. The molecule has 2 aromatic carbocycles. The first-order valence-corrected chi connectivity index (χ1v) is 7.30. The molecule has 0 unspecified atom stereocenters. The number of fused-ring (bicyclic) bond motifs is 1. The lowest BCUT2D eigenvalue weighted by atomic mass is 10.0. The molecule has 0 aliphatic rings. The molecule has 0 saturated heterocycles. The van der Waals surface area contributed by atoms with E-state index in [0.29, 0.717) is 0 Å². The number of aromatic amines is 1. The van der Waals surface area contributed by atoms with Crippen LogP contribution in [0.4, 0.5) is 0 Å². The summed E-state index contributed by atoms with van der Waals surface area (Å²) in [5.74, 6) is -5.57. The molecule has 0 aliphatic heterocycles. The van der Waals surface area contributed by atoms with Crippen molar-refractivity contribution in [1.29, 1.82) is 0 Å². The van der Waals surface area contributed by atoms with Gasteiger partial charge in [0.05, 0.1) is 33.3 Å². The molecule has 0 aliphatic carbocycles. The third kappa shape index (κ3) is 3.06. The lowest BCUT2D eigenvalue weighted by molar-refractivity contribution is 0.0651. The number of carboxylic acids is 4. The van der Waals surface area contributed by atoms with Gasteiger partial charge >= 0.3 is 23.9 Å². The van der Waals surface area contributed by atoms with Gasteiger partial charge in [0.1, 0.15) is 5.82 Å². The highest BCUT2D eigenvalue weighted by Crippen LogP contribution is 2.25. The highest BCUT2D eigenvalue weighted by molar-refractivity contribution is 6.06. The molecule has 3 rings (SSSR count). The number of aromatic carboxylic acids is 4. The first-order valence-electron chi connectivity index (χ1n) is 7.30. The molecule has 27 heavy (non-hydrogen) atoms. The monoisotopic (exact) mass is 370 g/mol. The number of carboxylic acid groups (broad SMARTS) is 4. The van der Waals surface area contributed by atoms with E-state index in [2.05, 4.69) is 9.97 Å². The Morgan fingerprint density at radius 1 is 0.704 bits per heavy atom. The number of aromatic nitrogens is 2. The summed E-state index contributed by atoms with van der Waals surface area (Å²) in [5.41, 5.74) is -1.10. The molecule has 10 nitrogen and oxygen atoms in total. The molecule has 0 amide bonds. The van der Waals surface area contributed by atoms with Crippen LogP contribution < -0.4 is 0 Å². The second-order valence-electron chi connectivity index (χ2n) is 5.48. The van der Waals surface area contributed by atoms with Crippen molar-refractivity contribution in [1.82, 2.24) is 9.97 Å². The molecule has 10 heteroatoms. The molecule has 1 heterocycles. The van der Waals surface area contributed by atoms with Crippen molar-refractivity contribution in [3.05, 3.63) is 52.6 Å². The van der Waals surface area contributed by atoms with Crippen LogP contribution in [0.5, 0.6) is 0 Å². The zero-order valence-electron chi connectivity index (χ0n) is 13.3. The minimum atomic E-state index is -1.44. The van der Waals surface area contributed by atoms with Crippen LogP contribution in [0.2, 0.25) is 0 Å². The van der Waals surface area contributed by atoms with Gasteiger partial charge in [0.15, 0.2) is 0 Å². The van der Waals surface area contributed by atoms with Gasteiger partial charge in [-0.15, -0.1) is 0 Å². The van der Waals surface area contributed by atoms with Crippen LogP contribution in [-0.2, 0) is 0 Å². The summed E-state index contributed by atoms with van der Waals surface area (Å²) >= 11 is 0. The molecule has 0 spiro atoms. The van der Waals surface area contributed by atoms with Crippen molar-refractivity contribution >= 4 is 34.9 Å². The number of nitrogens with one attached hydrogen (secondary N) is 1. The largest absolute Gasteiger partial charge is 0.478 e. The van der Waals surface area contributed by atoms with Crippen molar-refractivity contribution in [3.63, 3.8) is 0 Å². The lowest BCUT2D eigenvalue weighted by Gasteiger charge is -2.03. The van der Waals surface area contributed by atoms with Gasteiger partial charge in [-0.1, -0.05) is 6.07 Å². The second kappa shape index (κ2) is 6.26. The maximum Gasteiger partial charge on any atom is 0.336 e. The number of hydrogen-bond acceptors (Lipinski definition) is 5. The van der Waals surface area contributed by atoms with Crippen LogP contribution in [-0.4, -0.2) is 54.3 Å². The Morgan fingerprint density at radius 3 is 1.78 bits per heavy atom. The molecular weight excluding hydrogens is 360 g/mol. The first kappa shape index (κ1) is 17.6. The molecule has 0 fully saturated rings.